The Morgan fingerprint density at radius 1 is 0.724 bits per heavy atom. The van der Waals surface area contributed by atoms with Crippen LogP contribution in [0.1, 0.15) is 17.5 Å². The van der Waals surface area contributed by atoms with Gasteiger partial charge in [0, 0.05) is 0 Å². The number of esters is 2. The molecule has 6 nitrogen and oxygen atoms in total. The molecular weight excluding hydrogens is 368 g/mol. The molecule has 0 heterocycles. The molecule has 156 valence electrons. The van der Waals surface area contributed by atoms with Gasteiger partial charge in [-0.2, -0.15) is 0 Å². The van der Waals surface area contributed by atoms with Gasteiger partial charge in [0.05, 0.1) is 14.2 Å². The van der Waals surface area contributed by atoms with Gasteiger partial charge < -0.3 is 20.1 Å². The van der Waals surface area contributed by atoms with Gasteiger partial charge in [0.2, 0.25) is 0 Å². The summed E-state index contributed by atoms with van der Waals surface area (Å²) >= 11 is 0. The maximum atomic E-state index is 12.1. The predicted molar refractivity (Wildman–Crippen MR) is 113 cm³/mol. The summed E-state index contributed by atoms with van der Waals surface area (Å²) in [6.45, 7) is 1.25. The second-order valence-electron chi connectivity index (χ2n) is 6.79. The number of carbonyl (C=O) groups is 2. The largest absolute Gasteiger partial charge is 0.468 e. The SMILES string of the molecule is COC(=O)C(Cc1ccccc1)NCCCNC(Cc1ccccc1)C(=O)OC. The zero-order valence-corrected chi connectivity index (χ0v) is 17.1. The van der Waals surface area contributed by atoms with Crippen molar-refractivity contribution in [1.82, 2.24) is 10.6 Å². The second-order valence-corrected chi connectivity index (χ2v) is 6.79. The molecule has 2 atom stereocenters. The molecular formula is C23H30N2O4. The number of methoxy groups -OCH3 is 2. The zero-order valence-electron chi connectivity index (χ0n) is 17.1. The molecule has 0 bridgehead atoms. The highest BCUT2D eigenvalue weighted by Crippen LogP contribution is 2.06. The molecule has 29 heavy (non-hydrogen) atoms. The van der Waals surface area contributed by atoms with Gasteiger partial charge in [-0.15, -0.1) is 0 Å². The summed E-state index contributed by atoms with van der Waals surface area (Å²) in [4.78, 5) is 24.1. The van der Waals surface area contributed by atoms with Crippen molar-refractivity contribution < 1.29 is 19.1 Å². The summed E-state index contributed by atoms with van der Waals surface area (Å²) in [5.41, 5.74) is 2.14. The molecule has 0 radical (unpaired) electrons. The van der Waals surface area contributed by atoms with E-state index in [1.165, 1.54) is 14.2 Å². The molecule has 6 heteroatoms. The number of benzene rings is 2. The lowest BCUT2D eigenvalue weighted by Crippen LogP contribution is -2.43. The van der Waals surface area contributed by atoms with Gasteiger partial charge in [0.1, 0.15) is 12.1 Å². The summed E-state index contributed by atoms with van der Waals surface area (Å²) in [5.74, 6) is -0.559. The summed E-state index contributed by atoms with van der Waals surface area (Å²) in [6.07, 6.45) is 1.89. The first-order chi connectivity index (χ1) is 14.1. The molecule has 0 fully saturated rings. The summed E-state index contributed by atoms with van der Waals surface area (Å²) in [5, 5.41) is 6.51. The lowest BCUT2D eigenvalue weighted by atomic mass is 10.1. The van der Waals surface area contributed by atoms with Crippen LogP contribution < -0.4 is 10.6 Å². The maximum Gasteiger partial charge on any atom is 0.323 e. The van der Waals surface area contributed by atoms with E-state index in [-0.39, 0.29) is 11.9 Å². The molecule has 2 aromatic rings. The van der Waals surface area contributed by atoms with Crippen LogP contribution in [-0.2, 0) is 31.9 Å². The van der Waals surface area contributed by atoms with Gasteiger partial charge in [-0.05, 0) is 43.5 Å². The minimum absolute atomic E-state index is 0.279. The fourth-order valence-electron chi connectivity index (χ4n) is 3.10. The van der Waals surface area contributed by atoms with Gasteiger partial charge in [0.25, 0.3) is 0 Å². The first-order valence-electron chi connectivity index (χ1n) is 9.84. The fraction of sp³-hybridized carbons (Fsp3) is 0.391. The van der Waals surface area contributed by atoms with Gasteiger partial charge >= 0.3 is 11.9 Å². The quantitative estimate of drug-likeness (QED) is 0.421. The van der Waals surface area contributed by atoms with Crippen molar-refractivity contribution in [3.05, 3.63) is 71.8 Å². The van der Waals surface area contributed by atoms with Crippen molar-refractivity contribution in [1.29, 1.82) is 0 Å². The monoisotopic (exact) mass is 398 g/mol. The van der Waals surface area contributed by atoms with Crippen LogP contribution in [0.25, 0.3) is 0 Å². The van der Waals surface area contributed by atoms with Crippen LogP contribution in [0.3, 0.4) is 0 Å². The Labute approximate surface area is 172 Å². The molecule has 0 spiro atoms. The Morgan fingerprint density at radius 3 is 1.45 bits per heavy atom. The Hall–Kier alpha value is -2.70. The van der Waals surface area contributed by atoms with Crippen molar-refractivity contribution >= 4 is 11.9 Å². The van der Waals surface area contributed by atoms with E-state index < -0.39 is 12.1 Å². The molecule has 0 aliphatic heterocycles. The van der Waals surface area contributed by atoms with Crippen LogP contribution in [0.2, 0.25) is 0 Å². The molecule has 2 N–H and O–H groups in total. The van der Waals surface area contributed by atoms with Crippen molar-refractivity contribution in [2.45, 2.75) is 31.3 Å². The fourth-order valence-corrected chi connectivity index (χ4v) is 3.10. The highest BCUT2D eigenvalue weighted by atomic mass is 16.5. The molecule has 0 amide bonds. The molecule has 2 rings (SSSR count). The van der Waals surface area contributed by atoms with Gasteiger partial charge in [-0.25, -0.2) is 0 Å². The maximum absolute atomic E-state index is 12.1. The van der Waals surface area contributed by atoms with E-state index in [2.05, 4.69) is 10.6 Å². The zero-order chi connectivity index (χ0) is 20.9. The van der Waals surface area contributed by atoms with Crippen LogP contribution in [0.4, 0.5) is 0 Å². The first-order valence-corrected chi connectivity index (χ1v) is 9.84. The standard InChI is InChI=1S/C23H30N2O4/c1-28-22(26)20(16-18-10-5-3-6-11-18)24-14-9-15-25-21(23(27)29-2)17-19-12-7-4-8-13-19/h3-8,10-13,20-21,24-25H,9,14-17H2,1-2H3. The third-order valence-corrected chi connectivity index (χ3v) is 4.67. The molecule has 0 saturated heterocycles. The van der Waals surface area contributed by atoms with Crippen LogP contribution >= 0.6 is 0 Å². The van der Waals surface area contributed by atoms with E-state index in [0.717, 1.165) is 17.5 Å². The molecule has 0 saturated carbocycles. The highest BCUT2D eigenvalue weighted by Gasteiger charge is 2.20. The van der Waals surface area contributed by atoms with Gasteiger partial charge in [-0.3, -0.25) is 9.59 Å². The Bertz CT molecular complexity index is 674. The van der Waals surface area contributed by atoms with Crippen LogP contribution in [-0.4, -0.2) is 51.3 Å². The molecule has 2 unspecified atom stereocenters. The summed E-state index contributed by atoms with van der Waals surface area (Å²) < 4.78 is 9.83. The first kappa shape index (κ1) is 22.6. The van der Waals surface area contributed by atoms with Crippen LogP contribution in [0, 0.1) is 0 Å². The van der Waals surface area contributed by atoms with E-state index in [1.54, 1.807) is 0 Å². The predicted octanol–water partition coefficient (Wildman–Crippen LogP) is 2.12. The average Bonchev–Trinajstić information content (AvgIpc) is 2.77. The van der Waals surface area contributed by atoms with E-state index >= 15 is 0 Å². The highest BCUT2D eigenvalue weighted by molar-refractivity contribution is 5.76. The number of hydrogen-bond acceptors (Lipinski definition) is 6. The Morgan fingerprint density at radius 2 is 1.10 bits per heavy atom. The third-order valence-electron chi connectivity index (χ3n) is 4.67. The Balaban J connectivity index is 1.79. The third kappa shape index (κ3) is 8.05. The molecule has 0 aliphatic carbocycles. The molecule has 0 aromatic heterocycles. The van der Waals surface area contributed by atoms with Gasteiger partial charge in [0.15, 0.2) is 0 Å². The number of nitrogens with one attached hydrogen (secondary N) is 2. The lowest BCUT2D eigenvalue weighted by molar-refractivity contribution is -0.143. The lowest BCUT2D eigenvalue weighted by Gasteiger charge is -2.18. The Kier molecular flexibility index (Phi) is 9.89. The van der Waals surface area contributed by atoms with E-state index in [9.17, 15) is 9.59 Å². The minimum atomic E-state index is -0.400. The van der Waals surface area contributed by atoms with Crippen molar-refractivity contribution in [3.63, 3.8) is 0 Å². The number of rotatable bonds is 12. The average molecular weight is 399 g/mol. The number of hydrogen-bond donors (Lipinski definition) is 2. The van der Waals surface area contributed by atoms with Crippen molar-refractivity contribution in [3.8, 4) is 0 Å². The summed E-state index contributed by atoms with van der Waals surface area (Å²) in [7, 11) is 2.79. The van der Waals surface area contributed by atoms with Gasteiger partial charge in [-0.1, -0.05) is 60.7 Å². The summed E-state index contributed by atoms with van der Waals surface area (Å²) in [6, 6.07) is 18.9. The van der Waals surface area contributed by atoms with Crippen LogP contribution in [0.15, 0.2) is 60.7 Å². The van der Waals surface area contributed by atoms with E-state index in [4.69, 9.17) is 9.47 Å². The van der Waals surface area contributed by atoms with Crippen LogP contribution in [0.5, 0.6) is 0 Å². The smallest absolute Gasteiger partial charge is 0.323 e. The number of carbonyl (C=O) groups excluding carboxylic acids is 2. The number of ether oxygens (including phenoxy) is 2. The normalized spacial score (nSPS) is 12.8. The second kappa shape index (κ2) is 12.7. The van der Waals surface area contributed by atoms with Crippen molar-refractivity contribution in [2.75, 3.05) is 27.3 Å². The van der Waals surface area contributed by atoms with E-state index in [0.29, 0.717) is 25.9 Å². The van der Waals surface area contributed by atoms with Crippen molar-refractivity contribution in [2.24, 2.45) is 0 Å². The molecule has 0 aliphatic rings. The van der Waals surface area contributed by atoms with E-state index in [1.807, 2.05) is 60.7 Å². The molecule has 2 aromatic carbocycles. The topological polar surface area (TPSA) is 76.7 Å². The minimum Gasteiger partial charge on any atom is -0.468 e.